The maximum Gasteiger partial charge on any atom is 0.299 e. The summed E-state index contributed by atoms with van der Waals surface area (Å²) in [4.78, 5) is 23.0. The largest absolute Gasteiger partial charge is 0.299 e. The van der Waals surface area contributed by atoms with Crippen LogP contribution in [0.4, 0.5) is 43.9 Å². The van der Waals surface area contributed by atoms with E-state index in [1.165, 1.54) is 0 Å². The number of hydrogen-bond acceptors (Lipinski definition) is 2. The molecule has 2 aromatic carbocycles. The van der Waals surface area contributed by atoms with Crippen LogP contribution in [0.15, 0.2) is 0 Å². The molecule has 0 atom stereocenters. The standard InChI is InChI=1S/C14HF10N2O2/c15-3-1(4(16)8(20)11(23)7(3)19)13(27)25-26-14(28)2-5(17)9(21)12(24)10(22)6(2)18/h(H,25,27). The molecule has 1 radical (unpaired) electrons. The van der Waals surface area contributed by atoms with Crippen molar-refractivity contribution < 1.29 is 53.5 Å². The van der Waals surface area contributed by atoms with Crippen LogP contribution in [0.3, 0.4) is 0 Å². The first kappa shape index (κ1) is 21.0. The molecule has 0 aliphatic rings. The second-order valence-electron chi connectivity index (χ2n) is 4.75. The third-order valence-corrected chi connectivity index (χ3v) is 3.12. The molecule has 0 aliphatic carbocycles. The molecular formula is C14HF10N2O2. The molecule has 0 spiro atoms. The normalized spacial score (nSPS) is 10.8. The molecule has 1 N–H and O–H groups in total. The molecule has 2 amide bonds. The second-order valence-corrected chi connectivity index (χ2v) is 4.75. The van der Waals surface area contributed by atoms with Crippen molar-refractivity contribution in [3.8, 4) is 0 Å². The fourth-order valence-electron chi connectivity index (χ4n) is 1.81. The Labute approximate surface area is 146 Å². The number of carbonyl (C=O) groups is 2. The van der Waals surface area contributed by atoms with Gasteiger partial charge in [0, 0.05) is 0 Å². The van der Waals surface area contributed by atoms with Crippen LogP contribution in [0.1, 0.15) is 20.7 Å². The minimum absolute atomic E-state index is 0.890. The summed E-state index contributed by atoms with van der Waals surface area (Å²) >= 11 is 0. The lowest BCUT2D eigenvalue weighted by Gasteiger charge is -2.09. The van der Waals surface area contributed by atoms with Gasteiger partial charge in [0.1, 0.15) is 11.1 Å². The fourth-order valence-corrected chi connectivity index (χ4v) is 1.81. The fraction of sp³-hybridized carbons (Fsp3) is 0. The van der Waals surface area contributed by atoms with E-state index >= 15 is 0 Å². The van der Waals surface area contributed by atoms with Crippen LogP contribution in [0.25, 0.3) is 0 Å². The average molecular weight is 419 g/mol. The molecular weight excluding hydrogens is 418 g/mol. The quantitative estimate of drug-likeness (QED) is 0.352. The monoisotopic (exact) mass is 419 g/mol. The Hall–Kier alpha value is -3.32. The number of amides is 2. The maximum absolute atomic E-state index is 13.4. The van der Waals surface area contributed by atoms with Gasteiger partial charge in [0.2, 0.25) is 11.6 Å². The van der Waals surface area contributed by atoms with Gasteiger partial charge in [-0.05, 0) is 0 Å². The second kappa shape index (κ2) is 7.36. The van der Waals surface area contributed by atoms with Gasteiger partial charge in [0.15, 0.2) is 46.5 Å². The lowest BCUT2D eigenvalue weighted by Crippen LogP contribution is -2.38. The summed E-state index contributed by atoms with van der Waals surface area (Å²) < 4.78 is 131. The third kappa shape index (κ3) is 3.20. The van der Waals surface area contributed by atoms with Crippen molar-refractivity contribution in [3.63, 3.8) is 0 Å². The smallest absolute Gasteiger partial charge is 0.267 e. The van der Waals surface area contributed by atoms with Crippen molar-refractivity contribution in [3.05, 3.63) is 69.3 Å². The molecule has 0 unspecified atom stereocenters. The van der Waals surface area contributed by atoms with Crippen molar-refractivity contribution in [1.29, 1.82) is 0 Å². The van der Waals surface area contributed by atoms with Crippen molar-refractivity contribution in [2.75, 3.05) is 0 Å². The summed E-state index contributed by atoms with van der Waals surface area (Å²) in [6, 6.07) is 0. The van der Waals surface area contributed by atoms with Gasteiger partial charge in [-0.2, -0.15) is 0 Å². The van der Waals surface area contributed by atoms with Gasteiger partial charge in [-0.25, -0.2) is 49.3 Å². The molecule has 0 fully saturated rings. The van der Waals surface area contributed by atoms with Gasteiger partial charge in [0.25, 0.3) is 11.8 Å². The SMILES string of the molecule is O=C([N]NC(=O)c1c(F)c(F)c(F)c(F)c1F)c1c(F)c(F)c(F)c(F)c1F. The Bertz CT molecular complexity index is 885. The first-order valence-corrected chi connectivity index (χ1v) is 6.50. The molecule has 2 rings (SSSR count). The molecule has 0 saturated heterocycles. The molecule has 14 heteroatoms. The van der Waals surface area contributed by atoms with E-state index in [4.69, 9.17) is 0 Å². The zero-order valence-corrected chi connectivity index (χ0v) is 12.5. The topological polar surface area (TPSA) is 60.3 Å². The van der Waals surface area contributed by atoms with Crippen LogP contribution < -0.4 is 10.9 Å². The lowest BCUT2D eigenvalue weighted by molar-refractivity contribution is 0.0827. The molecule has 0 heterocycles. The summed E-state index contributed by atoms with van der Waals surface area (Å²) in [6.45, 7) is 0. The summed E-state index contributed by atoms with van der Waals surface area (Å²) in [5, 5.41) is 0. The van der Waals surface area contributed by atoms with Crippen molar-refractivity contribution in [2.45, 2.75) is 0 Å². The van der Waals surface area contributed by atoms with Crippen LogP contribution >= 0.6 is 0 Å². The number of nitrogens with one attached hydrogen (secondary N) is 1. The van der Waals surface area contributed by atoms with E-state index in [-0.39, 0.29) is 0 Å². The Morgan fingerprint density at radius 2 is 0.786 bits per heavy atom. The van der Waals surface area contributed by atoms with Gasteiger partial charge >= 0.3 is 0 Å². The van der Waals surface area contributed by atoms with Crippen LogP contribution in [0.5, 0.6) is 0 Å². The predicted molar refractivity (Wildman–Crippen MR) is 66.4 cm³/mol. The van der Waals surface area contributed by atoms with Crippen LogP contribution in [-0.4, -0.2) is 11.8 Å². The molecule has 4 nitrogen and oxygen atoms in total. The Kier molecular flexibility index (Phi) is 5.52. The zero-order chi connectivity index (χ0) is 21.5. The molecule has 0 aliphatic heterocycles. The predicted octanol–water partition coefficient (Wildman–Crippen LogP) is 3.17. The zero-order valence-electron chi connectivity index (χ0n) is 12.5. The highest BCUT2D eigenvalue weighted by molar-refractivity contribution is 5.99. The molecule has 149 valence electrons. The Morgan fingerprint density at radius 1 is 0.500 bits per heavy atom. The van der Waals surface area contributed by atoms with Gasteiger partial charge in [-0.1, -0.05) is 0 Å². The number of carbonyl (C=O) groups excluding carboxylic acids is 2. The highest BCUT2D eigenvalue weighted by Gasteiger charge is 2.33. The van der Waals surface area contributed by atoms with Crippen LogP contribution in [0.2, 0.25) is 0 Å². The van der Waals surface area contributed by atoms with E-state index < -0.39 is 81.1 Å². The van der Waals surface area contributed by atoms with E-state index in [2.05, 4.69) is 5.43 Å². The average Bonchev–Trinajstić information content (AvgIpc) is 2.66. The molecule has 0 saturated carbocycles. The first-order chi connectivity index (χ1) is 12.9. The highest BCUT2D eigenvalue weighted by Crippen LogP contribution is 2.24. The van der Waals surface area contributed by atoms with Crippen LogP contribution in [0, 0.1) is 58.2 Å². The lowest BCUT2D eigenvalue weighted by atomic mass is 10.1. The van der Waals surface area contributed by atoms with E-state index in [1.54, 1.807) is 0 Å². The molecule has 2 aromatic rings. The number of halogens is 10. The van der Waals surface area contributed by atoms with Crippen molar-refractivity contribution in [1.82, 2.24) is 10.9 Å². The van der Waals surface area contributed by atoms with Gasteiger partial charge in [-0.15, -0.1) is 5.43 Å². The highest BCUT2D eigenvalue weighted by atomic mass is 19.2. The van der Waals surface area contributed by atoms with E-state index in [1.807, 2.05) is 0 Å². The summed E-state index contributed by atoms with van der Waals surface area (Å²) in [6.07, 6.45) is 0. The summed E-state index contributed by atoms with van der Waals surface area (Å²) in [7, 11) is 0. The number of hydrogen-bond donors (Lipinski definition) is 1. The van der Waals surface area contributed by atoms with Crippen LogP contribution in [-0.2, 0) is 0 Å². The third-order valence-electron chi connectivity index (χ3n) is 3.12. The number of benzene rings is 2. The van der Waals surface area contributed by atoms with E-state index in [0.29, 0.717) is 0 Å². The molecule has 28 heavy (non-hydrogen) atoms. The number of nitrogens with zero attached hydrogens (tertiary/aromatic N) is 1. The number of rotatable bonds is 2. The minimum Gasteiger partial charge on any atom is -0.267 e. The van der Waals surface area contributed by atoms with Gasteiger partial charge in [0.05, 0.1) is 0 Å². The van der Waals surface area contributed by atoms with Gasteiger partial charge in [-0.3, -0.25) is 9.59 Å². The molecule has 0 aromatic heterocycles. The summed E-state index contributed by atoms with van der Waals surface area (Å²) in [5.41, 5.74) is -1.05. The summed E-state index contributed by atoms with van der Waals surface area (Å²) in [5.74, 6) is -30.5. The minimum atomic E-state index is -2.62. The van der Waals surface area contributed by atoms with Crippen molar-refractivity contribution >= 4 is 11.8 Å². The maximum atomic E-state index is 13.4. The van der Waals surface area contributed by atoms with E-state index in [9.17, 15) is 53.5 Å². The Balaban J connectivity index is 2.34. The van der Waals surface area contributed by atoms with E-state index in [0.717, 1.165) is 5.43 Å². The van der Waals surface area contributed by atoms with Gasteiger partial charge < -0.3 is 0 Å². The first-order valence-electron chi connectivity index (χ1n) is 6.50. The molecule has 0 bridgehead atoms. The van der Waals surface area contributed by atoms with Crippen molar-refractivity contribution in [2.24, 2.45) is 0 Å². The Morgan fingerprint density at radius 3 is 1.14 bits per heavy atom.